The number of carbonyl (C=O) groups is 2. The molecule has 3 heterocycles. The third kappa shape index (κ3) is 4.34. The molecule has 3 N–H and O–H groups in total. The highest BCUT2D eigenvalue weighted by atomic mass is 19.4. The SMILES string of the molecule is CCc1cc(Cn2nc(C(F)(F)F)c(NC(=O)c3cc(C(N)=O)nc4ccccc34)c2C)on1. The number of carbonyl (C=O) groups excluding carboxylic acids is 2. The molecule has 0 radical (unpaired) electrons. The highest BCUT2D eigenvalue weighted by Crippen LogP contribution is 2.36. The van der Waals surface area contributed by atoms with Crippen LogP contribution in [0, 0.1) is 6.92 Å². The number of para-hydroxylation sites is 1. The monoisotopic (exact) mass is 472 g/mol. The first-order valence-electron chi connectivity index (χ1n) is 10.2. The van der Waals surface area contributed by atoms with Gasteiger partial charge in [0.05, 0.1) is 28.2 Å². The number of fused-ring (bicyclic) bond motifs is 1. The summed E-state index contributed by atoms with van der Waals surface area (Å²) >= 11 is 0. The summed E-state index contributed by atoms with van der Waals surface area (Å²) in [6.07, 6.45) is -4.24. The Morgan fingerprint density at radius 1 is 1.21 bits per heavy atom. The molecule has 0 fully saturated rings. The van der Waals surface area contributed by atoms with Crippen LogP contribution in [0.3, 0.4) is 0 Å². The van der Waals surface area contributed by atoms with Crippen LogP contribution < -0.4 is 11.1 Å². The summed E-state index contributed by atoms with van der Waals surface area (Å²) in [6.45, 7) is 3.15. The average molecular weight is 472 g/mol. The van der Waals surface area contributed by atoms with E-state index in [1.54, 1.807) is 30.3 Å². The molecule has 2 amide bonds. The summed E-state index contributed by atoms with van der Waals surface area (Å²) in [6, 6.07) is 9.18. The van der Waals surface area contributed by atoms with Crippen molar-refractivity contribution in [3.05, 3.63) is 70.5 Å². The maximum Gasteiger partial charge on any atom is 0.437 e. The second-order valence-corrected chi connectivity index (χ2v) is 7.49. The lowest BCUT2D eigenvalue weighted by atomic mass is 10.1. The Morgan fingerprint density at radius 2 is 1.94 bits per heavy atom. The van der Waals surface area contributed by atoms with E-state index in [2.05, 4.69) is 20.6 Å². The molecule has 0 aliphatic rings. The van der Waals surface area contributed by atoms with Crippen molar-refractivity contribution in [2.24, 2.45) is 5.73 Å². The Morgan fingerprint density at radius 3 is 2.59 bits per heavy atom. The highest BCUT2D eigenvalue weighted by molar-refractivity contribution is 6.14. The number of primary amides is 1. The highest BCUT2D eigenvalue weighted by Gasteiger charge is 2.39. The second-order valence-electron chi connectivity index (χ2n) is 7.49. The molecule has 0 unspecified atom stereocenters. The summed E-state index contributed by atoms with van der Waals surface area (Å²) in [4.78, 5) is 28.9. The van der Waals surface area contributed by atoms with E-state index in [0.717, 1.165) is 10.7 Å². The number of hydrogen-bond donors (Lipinski definition) is 2. The Bertz CT molecular complexity index is 1410. The summed E-state index contributed by atoms with van der Waals surface area (Å²) in [7, 11) is 0. The van der Waals surface area contributed by atoms with Crippen molar-refractivity contribution in [2.45, 2.75) is 33.0 Å². The number of rotatable bonds is 6. The van der Waals surface area contributed by atoms with Crippen molar-refractivity contribution in [3.63, 3.8) is 0 Å². The van der Waals surface area contributed by atoms with Gasteiger partial charge >= 0.3 is 6.18 Å². The van der Waals surface area contributed by atoms with E-state index in [0.29, 0.717) is 28.8 Å². The second kappa shape index (κ2) is 8.61. The van der Waals surface area contributed by atoms with Gasteiger partial charge in [0.25, 0.3) is 11.8 Å². The molecule has 9 nitrogen and oxygen atoms in total. The molecule has 0 saturated heterocycles. The number of hydrogen-bond acceptors (Lipinski definition) is 6. The van der Waals surface area contributed by atoms with Crippen LogP contribution in [0.1, 0.15) is 50.6 Å². The maximum atomic E-state index is 13.8. The molecule has 0 bridgehead atoms. The van der Waals surface area contributed by atoms with E-state index in [9.17, 15) is 22.8 Å². The molecule has 0 atom stereocenters. The number of nitrogens with one attached hydrogen (secondary N) is 1. The molecule has 12 heteroatoms. The molecule has 3 aromatic heterocycles. The van der Waals surface area contributed by atoms with Gasteiger partial charge in [-0.1, -0.05) is 30.3 Å². The van der Waals surface area contributed by atoms with Crippen molar-refractivity contribution in [2.75, 3.05) is 5.32 Å². The molecule has 176 valence electrons. The normalized spacial score (nSPS) is 11.7. The fourth-order valence-corrected chi connectivity index (χ4v) is 3.46. The summed E-state index contributed by atoms with van der Waals surface area (Å²) in [5.74, 6) is -1.43. The van der Waals surface area contributed by atoms with E-state index >= 15 is 0 Å². The molecular formula is C22H19F3N6O3. The van der Waals surface area contributed by atoms with Gasteiger partial charge in [-0.25, -0.2) is 4.98 Å². The Balaban J connectivity index is 1.75. The van der Waals surface area contributed by atoms with Crippen LogP contribution in [0.25, 0.3) is 10.9 Å². The molecule has 0 aliphatic heterocycles. The van der Waals surface area contributed by atoms with Crippen LogP contribution in [-0.2, 0) is 19.1 Å². The van der Waals surface area contributed by atoms with E-state index < -0.39 is 29.4 Å². The number of nitrogens with zero attached hydrogens (tertiary/aromatic N) is 4. The Labute approximate surface area is 190 Å². The maximum absolute atomic E-state index is 13.8. The molecule has 1 aromatic carbocycles. The standard InChI is InChI=1S/C22H19F3N6O3/c1-3-12-8-13(34-30-12)10-31-11(2)18(19(29-31)22(23,24)25)28-21(33)15-9-17(20(26)32)27-16-7-5-4-6-14(15)16/h4-9H,3,10H2,1-2H3,(H2,26,32)(H,28,33). The van der Waals surface area contributed by atoms with Gasteiger partial charge in [0, 0.05) is 11.5 Å². The van der Waals surface area contributed by atoms with Crippen molar-refractivity contribution in [1.82, 2.24) is 19.9 Å². The zero-order chi connectivity index (χ0) is 24.6. The number of aromatic nitrogens is 4. The lowest BCUT2D eigenvalue weighted by molar-refractivity contribution is -0.140. The van der Waals surface area contributed by atoms with Crippen molar-refractivity contribution in [1.29, 1.82) is 0 Å². The van der Waals surface area contributed by atoms with Gasteiger partial charge in [0.15, 0.2) is 11.5 Å². The number of nitrogens with two attached hydrogens (primary N) is 1. The van der Waals surface area contributed by atoms with E-state index in [-0.39, 0.29) is 23.5 Å². The number of alkyl halides is 3. The third-order valence-electron chi connectivity index (χ3n) is 5.20. The summed E-state index contributed by atoms with van der Waals surface area (Å²) in [5, 5.41) is 10.2. The average Bonchev–Trinajstić information content (AvgIpc) is 3.38. The number of pyridine rings is 1. The number of anilines is 1. The Hall–Kier alpha value is -4.22. The predicted octanol–water partition coefficient (Wildman–Crippen LogP) is 3.71. The van der Waals surface area contributed by atoms with Gasteiger partial charge in [-0.3, -0.25) is 14.3 Å². The summed E-state index contributed by atoms with van der Waals surface area (Å²) in [5.41, 5.74) is 4.31. The first kappa shape index (κ1) is 23.0. The minimum absolute atomic E-state index is 0.0532. The van der Waals surface area contributed by atoms with Gasteiger partial charge in [-0.15, -0.1) is 0 Å². The molecular weight excluding hydrogens is 453 g/mol. The fourth-order valence-electron chi connectivity index (χ4n) is 3.46. The van der Waals surface area contributed by atoms with Crippen LogP contribution >= 0.6 is 0 Å². The van der Waals surface area contributed by atoms with Crippen molar-refractivity contribution >= 4 is 28.4 Å². The van der Waals surface area contributed by atoms with Crippen LogP contribution in [0.4, 0.5) is 18.9 Å². The zero-order valence-corrected chi connectivity index (χ0v) is 18.1. The molecule has 4 aromatic rings. The predicted molar refractivity (Wildman–Crippen MR) is 115 cm³/mol. The minimum Gasteiger partial charge on any atom is -0.364 e. The van der Waals surface area contributed by atoms with Crippen LogP contribution in [0.2, 0.25) is 0 Å². The van der Waals surface area contributed by atoms with Gasteiger partial charge in [-0.05, 0) is 25.5 Å². The first-order chi connectivity index (χ1) is 16.1. The molecule has 4 rings (SSSR count). The van der Waals surface area contributed by atoms with Crippen molar-refractivity contribution in [3.8, 4) is 0 Å². The molecule has 0 spiro atoms. The van der Waals surface area contributed by atoms with Gasteiger partial charge in [0.2, 0.25) is 0 Å². The van der Waals surface area contributed by atoms with Crippen molar-refractivity contribution < 1.29 is 27.3 Å². The summed E-state index contributed by atoms with van der Waals surface area (Å²) < 4.78 is 47.6. The number of halogens is 3. The quantitative estimate of drug-likeness (QED) is 0.440. The van der Waals surface area contributed by atoms with Gasteiger partial charge in [0.1, 0.15) is 12.2 Å². The Kier molecular flexibility index (Phi) is 5.82. The minimum atomic E-state index is -4.84. The largest absolute Gasteiger partial charge is 0.437 e. The molecule has 0 saturated carbocycles. The van der Waals surface area contributed by atoms with E-state index in [1.807, 2.05) is 6.92 Å². The zero-order valence-electron chi connectivity index (χ0n) is 18.1. The van der Waals surface area contributed by atoms with E-state index in [4.69, 9.17) is 10.3 Å². The molecule has 0 aliphatic carbocycles. The lowest BCUT2D eigenvalue weighted by Gasteiger charge is -2.11. The van der Waals surface area contributed by atoms with Crippen LogP contribution in [-0.4, -0.2) is 31.7 Å². The van der Waals surface area contributed by atoms with E-state index in [1.165, 1.54) is 6.92 Å². The van der Waals surface area contributed by atoms with Crippen LogP contribution in [0.5, 0.6) is 0 Å². The number of aryl methyl sites for hydroxylation is 1. The van der Waals surface area contributed by atoms with Gasteiger partial charge in [-0.2, -0.15) is 18.3 Å². The molecule has 34 heavy (non-hydrogen) atoms. The number of amides is 2. The lowest BCUT2D eigenvalue weighted by Crippen LogP contribution is -2.19. The van der Waals surface area contributed by atoms with Gasteiger partial charge < -0.3 is 15.6 Å². The topological polar surface area (TPSA) is 129 Å². The fraction of sp³-hybridized carbons (Fsp3) is 0.227. The van der Waals surface area contributed by atoms with Crippen LogP contribution in [0.15, 0.2) is 40.9 Å². The smallest absolute Gasteiger partial charge is 0.364 e. The number of benzene rings is 1. The first-order valence-corrected chi connectivity index (χ1v) is 10.2. The third-order valence-corrected chi connectivity index (χ3v) is 5.20.